The molecule has 1 saturated heterocycles. The topological polar surface area (TPSA) is 67.2 Å². The third-order valence-electron chi connectivity index (χ3n) is 4.49. The normalized spacial score (nSPS) is 14.5. The molecule has 0 bridgehead atoms. The Hall–Kier alpha value is -2.93. The van der Waals surface area contributed by atoms with Crippen LogP contribution >= 0.6 is 11.6 Å². The predicted molar refractivity (Wildman–Crippen MR) is 98.7 cm³/mol. The van der Waals surface area contributed by atoms with Gasteiger partial charge in [0.1, 0.15) is 6.33 Å². The van der Waals surface area contributed by atoms with Gasteiger partial charge in [-0.05, 0) is 59.0 Å². The molecule has 1 aromatic heterocycles. The summed E-state index contributed by atoms with van der Waals surface area (Å²) in [5.41, 5.74) is 2.62. The highest BCUT2D eigenvalue weighted by Crippen LogP contribution is 2.20. The predicted octanol–water partition coefficient (Wildman–Crippen LogP) is 2.28. The minimum absolute atomic E-state index is 0.0454. The molecule has 2 heterocycles. The van der Waals surface area contributed by atoms with Gasteiger partial charge >= 0.3 is 0 Å². The van der Waals surface area contributed by atoms with E-state index in [4.69, 9.17) is 11.6 Å². The molecule has 4 rings (SSSR count). The van der Waals surface area contributed by atoms with Gasteiger partial charge < -0.3 is 9.80 Å². The Morgan fingerprint density at radius 3 is 2.15 bits per heavy atom. The Bertz CT molecular complexity index is 871. The van der Waals surface area contributed by atoms with Crippen molar-refractivity contribution in [1.29, 1.82) is 0 Å². The Labute approximate surface area is 155 Å². The number of carbonyl (C=O) groups excluding carboxylic acids is 1. The molecule has 0 saturated carbocycles. The fourth-order valence-corrected chi connectivity index (χ4v) is 3.16. The van der Waals surface area contributed by atoms with E-state index in [1.54, 1.807) is 4.68 Å². The van der Waals surface area contributed by atoms with Crippen LogP contribution < -0.4 is 4.90 Å². The summed E-state index contributed by atoms with van der Waals surface area (Å²) in [5, 5.41) is 11.8. The summed E-state index contributed by atoms with van der Waals surface area (Å²) in [6.45, 7) is 2.98. The number of aromatic nitrogens is 4. The van der Waals surface area contributed by atoms with E-state index in [0.717, 1.165) is 29.5 Å². The summed E-state index contributed by atoms with van der Waals surface area (Å²) in [6.07, 6.45) is 1.52. The number of nitrogens with zero attached hydrogens (tertiary/aromatic N) is 6. The Morgan fingerprint density at radius 2 is 1.54 bits per heavy atom. The van der Waals surface area contributed by atoms with Crippen molar-refractivity contribution in [2.75, 3.05) is 31.1 Å². The molecule has 3 aromatic rings. The number of halogens is 1. The standard InChI is InChI=1S/C18H17ClN6O/c19-15-3-7-16(8-4-15)23-9-11-24(12-10-23)18(26)14-1-5-17(6-2-14)25-13-20-21-22-25/h1-8,13H,9-12H2. The molecule has 132 valence electrons. The number of carbonyl (C=O) groups is 1. The largest absolute Gasteiger partial charge is 0.368 e. The Kier molecular flexibility index (Phi) is 4.53. The SMILES string of the molecule is O=C(c1ccc(-n2cnnn2)cc1)N1CCN(c2ccc(Cl)cc2)CC1. The average Bonchev–Trinajstić information content (AvgIpc) is 3.23. The second-order valence-electron chi connectivity index (χ2n) is 6.06. The van der Waals surface area contributed by atoms with Gasteiger partial charge in [-0.1, -0.05) is 11.6 Å². The van der Waals surface area contributed by atoms with Crippen molar-refractivity contribution < 1.29 is 4.79 Å². The summed E-state index contributed by atoms with van der Waals surface area (Å²) in [4.78, 5) is 16.9. The zero-order valence-corrected chi connectivity index (χ0v) is 14.8. The number of benzene rings is 2. The minimum atomic E-state index is 0.0454. The van der Waals surface area contributed by atoms with Gasteiger partial charge in [0, 0.05) is 42.5 Å². The first-order chi connectivity index (χ1) is 12.7. The van der Waals surface area contributed by atoms with Crippen LogP contribution in [0.4, 0.5) is 5.69 Å². The maximum Gasteiger partial charge on any atom is 0.253 e. The van der Waals surface area contributed by atoms with Crippen LogP contribution in [0.1, 0.15) is 10.4 Å². The molecular formula is C18H17ClN6O. The number of hydrogen-bond donors (Lipinski definition) is 0. The van der Waals surface area contributed by atoms with E-state index in [-0.39, 0.29) is 5.91 Å². The monoisotopic (exact) mass is 368 g/mol. The molecule has 0 atom stereocenters. The molecule has 0 radical (unpaired) electrons. The van der Waals surface area contributed by atoms with E-state index >= 15 is 0 Å². The van der Waals surface area contributed by atoms with E-state index in [2.05, 4.69) is 20.4 Å². The molecule has 7 nitrogen and oxygen atoms in total. The van der Waals surface area contributed by atoms with E-state index < -0.39 is 0 Å². The second-order valence-corrected chi connectivity index (χ2v) is 6.49. The van der Waals surface area contributed by atoms with Crippen LogP contribution in [-0.2, 0) is 0 Å². The highest BCUT2D eigenvalue weighted by Gasteiger charge is 2.22. The first-order valence-electron chi connectivity index (χ1n) is 8.34. The molecular weight excluding hydrogens is 352 g/mol. The Morgan fingerprint density at radius 1 is 0.885 bits per heavy atom. The first-order valence-corrected chi connectivity index (χ1v) is 8.72. The number of tetrazole rings is 1. The maximum absolute atomic E-state index is 12.7. The van der Waals surface area contributed by atoms with Crippen molar-refractivity contribution in [2.45, 2.75) is 0 Å². The fraction of sp³-hybridized carbons (Fsp3) is 0.222. The summed E-state index contributed by atoms with van der Waals surface area (Å²) in [7, 11) is 0. The first kappa shape index (κ1) is 16.5. The highest BCUT2D eigenvalue weighted by molar-refractivity contribution is 6.30. The van der Waals surface area contributed by atoms with E-state index in [0.29, 0.717) is 18.7 Å². The van der Waals surface area contributed by atoms with Crippen LogP contribution in [0, 0.1) is 0 Å². The molecule has 0 N–H and O–H groups in total. The molecule has 2 aromatic carbocycles. The average molecular weight is 369 g/mol. The molecule has 1 fully saturated rings. The van der Waals surface area contributed by atoms with Gasteiger partial charge in [0.05, 0.1) is 5.69 Å². The van der Waals surface area contributed by atoms with E-state index in [1.807, 2.05) is 53.4 Å². The van der Waals surface area contributed by atoms with E-state index in [9.17, 15) is 4.79 Å². The van der Waals surface area contributed by atoms with Crippen molar-refractivity contribution in [2.24, 2.45) is 0 Å². The molecule has 0 aliphatic carbocycles. The van der Waals surface area contributed by atoms with Crippen molar-refractivity contribution in [3.63, 3.8) is 0 Å². The molecule has 26 heavy (non-hydrogen) atoms. The van der Waals surface area contributed by atoms with Crippen LogP contribution in [0.25, 0.3) is 5.69 Å². The van der Waals surface area contributed by atoms with Gasteiger partial charge in [0.15, 0.2) is 0 Å². The number of anilines is 1. The van der Waals surface area contributed by atoms with E-state index in [1.165, 1.54) is 6.33 Å². The van der Waals surface area contributed by atoms with Crippen molar-refractivity contribution >= 4 is 23.2 Å². The van der Waals surface area contributed by atoms with Gasteiger partial charge in [0.25, 0.3) is 5.91 Å². The fourth-order valence-electron chi connectivity index (χ4n) is 3.04. The lowest BCUT2D eigenvalue weighted by Crippen LogP contribution is -2.48. The van der Waals surface area contributed by atoms with Gasteiger partial charge in [-0.25, -0.2) is 4.68 Å². The van der Waals surface area contributed by atoms with Gasteiger partial charge in [0.2, 0.25) is 0 Å². The summed E-state index contributed by atoms with van der Waals surface area (Å²) < 4.78 is 1.55. The molecule has 0 spiro atoms. The molecule has 8 heteroatoms. The second kappa shape index (κ2) is 7.13. The van der Waals surface area contributed by atoms with Crippen LogP contribution in [0.3, 0.4) is 0 Å². The van der Waals surface area contributed by atoms with Gasteiger partial charge in [-0.3, -0.25) is 4.79 Å². The quantitative estimate of drug-likeness (QED) is 0.709. The molecule has 1 aliphatic heterocycles. The third-order valence-corrected chi connectivity index (χ3v) is 4.74. The number of amides is 1. The van der Waals surface area contributed by atoms with Crippen molar-refractivity contribution in [1.82, 2.24) is 25.1 Å². The molecule has 0 unspecified atom stereocenters. The highest BCUT2D eigenvalue weighted by atomic mass is 35.5. The number of piperazine rings is 1. The third kappa shape index (κ3) is 3.39. The van der Waals surface area contributed by atoms with Crippen LogP contribution in [0.5, 0.6) is 0 Å². The number of rotatable bonds is 3. The summed E-state index contributed by atoms with van der Waals surface area (Å²) in [5.74, 6) is 0.0454. The number of hydrogen-bond acceptors (Lipinski definition) is 5. The van der Waals surface area contributed by atoms with Gasteiger partial charge in [-0.2, -0.15) is 0 Å². The Balaban J connectivity index is 1.39. The smallest absolute Gasteiger partial charge is 0.253 e. The molecule has 1 aliphatic rings. The van der Waals surface area contributed by atoms with Crippen LogP contribution in [-0.4, -0.2) is 57.2 Å². The van der Waals surface area contributed by atoms with Crippen molar-refractivity contribution in [3.05, 3.63) is 65.4 Å². The lowest BCUT2D eigenvalue weighted by molar-refractivity contribution is 0.0747. The van der Waals surface area contributed by atoms with Gasteiger partial charge in [-0.15, -0.1) is 5.10 Å². The summed E-state index contributed by atoms with van der Waals surface area (Å²) in [6, 6.07) is 15.1. The maximum atomic E-state index is 12.7. The molecule has 1 amide bonds. The summed E-state index contributed by atoms with van der Waals surface area (Å²) >= 11 is 5.94. The lowest BCUT2D eigenvalue weighted by Gasteiger charge is -2.36. The van der Waals surface area contributed by atoms with Crippen molar-refractivity contribution in [3.8, 4) is 5.69 Å². The minimum Gasteiger partial charge on any atom is -0.368 e. The lowest BCUT2D eigenvalue weighted by atomic mass is 10.1. The zero-order valence-electron chi connectivity index (χ0n) is 14.0. The van der Waals surface area contributed by atoms with Crippen LogP contribution in [0.2, 0.25) is 5.02 Å². The zero-order chi connectivity index (χ0) is 17.9. The van der Waals surface area contributed by atoms with Crippen LogP contribution in [0.15, 0.2) is 54.9 Å².